The first kappa shape index (κ1) is 13.1. The van der Waals surface area contributed by atoms with Crippen molar-refractivity contribution in [2.75, 3.05) is 22.6 Å². The second kappa shape index (κ2) is 5.59. The molecule has 0 amide bonds. The van der Waals surface area contributed by atoms with Crippen molar-refractivity contribution >= 4 is 50.0 Å². The second-order valence-corrected chi connectivity index (χ2v) is 6.92. The standard InChI is InChI=1S/C14H16BrN3S/c15-9-7-11-12(16)1-2-13(14(11)17-8-9)18-10-3-5-19-6-4-10/h1-2,7-8,10,18H,3-6,16H2. The minimum absolute atomic E-state index is 0.554. The van der Waals surface area contributed by atoms with Crippen molar-refractivity contribution in [2.45, 2.75) is 18.9 Å². The third-order valence-electron chi connectivity index (χ3n) is 3.43. The lowest BCUT2D eigenvalue weighted by Gasteiger charge is -2.24. The summed E-state index contributed by atoms with van der Waals surface area (Å²) >= 11 is 5.48. The monoisotopic (exact) mass is 337 g/mol. The van der Waals surface area contributed by atoms with Crippen LogP contribution >= 0.6 is 27.7 Å². The highest BCUT2D eigenvalue weighted by Crippen LogP contribution is 2.30. The summed E-state index contributed by atoms with van der Waals surface area (Å²) in [5, 5.41) is 4.63. The molecule has 3 nitrogen and oxygen atoms in total. The maximum Gasteiger partial charge on any atom is 0.0954 e. The van der Waals surface area contributed by atoms with E-state index in [9.17, 15) is 0 Å². The molecule has 19 heavy (non-hydrogen) atoms. The molecule has 0 atom stereocenters. The Labute approximate surface area is 125 Å². The summed E-state index contributed by atoms with van der Waals surface area (Å²) < 4.78 is 0.956. The molecule has 2 aromatic rings. The smallest absolute Gasteiger partial charge is 0.0954 e. The fourth-order valence-electron chi connectivity index (χ4n) is 2.39. The maximum atomic E-state index is 6.04. The number of aromatic nitrogens is 1. The Morgan fingerprint density at radius 2 is 2.11 bits per heavy atom. The van der Waals surface area contributed by atoms with E-state index in [1.165, 1.54) is 24.3 Å². The van der Waals surface area contributed by atoms with Gasteiger partial charge in [-0.15, -0.1) is 0 Å². The van der Waals surface area contributed by atoms with Crippen LogP contribution in [0.4, 0.5) is 11.4 Å². The third kappa shape index (κ3) is 2.82. The van der Waals surface area contributed by atoms with Crippen molar-refractivity contribution in [1.29, 1.82) is 0 Å². The zero-order valence-electron chi connectivity index (χ0n) is 10.5. The molecule has 1 aliphatic rings. The first-order valence-corrected chi connectivity index (χ1v) is 8.37. The SMILES string of the molecule is Nc1ccc(NC2CCSCC2)c2ncc(Br)cc12. The van der Waals surface area contributed by atoms with Gasteiger partial charge in [-0.1, -0.05) is 0 Å². The first-order chi connectivity index (χ1) is 9.24. The Balaban J connectivity index is 1.96. The highest BCUT2D eigenvalue weighted by atomic mass is 79.9. The molecule has 1 aromatic heterocycles. The summed E-state index contributed by atoms with van der Waals surface area (Å²) in [6, 6.07) is 6.58. The van der Waals surface area contributed by atoms with Crippen LogP contribution in [-0.2, 0) is 0 Å². The van der Waals surface area contributed by atoms with E-state index in [1.54, 1.807) is 0 Å². The van der Waals surface area contributed by atoms with Crippen molar-refractivity contribution in [2.24, 2.45) is 0 Å². The number of nitrogens with two attached hydrogens (primary N) is 1. The molecule has 0 aliphatic carbocycles. The number of hydrogen-bond acceptors (Lipinski definition) is 4. The predicted octanol–water partition coefficient (Wildman–Crippen LogP) is 3.89. The number of pyridine rings is 1. The van der Waals surface area contributed by atoms with Crippen LogP contribution in [0.3, 0.4) is 0 Å². The van der Waals surface area contributed by atoms with E-state index < -0.39 is 0 Å². The molecule has 100 valence electrons. The van der Waals surface area contributed by atoms with Gasteiger partial charge in [-0.3, -0.25) is 4.98 Å². The van der Waals surface area contributed by atoms with Gasteiger partial charge in [0.15, 0.2) is 0 Å². The molecule has 2 heterocycles. The Bertz CT molecular complexity index is 597. The first-order valence-electron chi connectivity index (χ1n) is 6.42. The van der Waals surface area contributed by atoms with E-state index in [4.69, 9.17) is 5.73 Å². The molecule has 3 rings (SSSR count). The lowest BCUT2D eigenvalue weighted by molar-refractivity contribution is 0.667. The Morgan fingerprint density at radius 3 is 2.89 bits per heavy atom. The van der Waals surface area contributed by atoms with Gasteiger partial charge in [0.2, 0.25) is 0 Å². The second-order valence-electron chi connectivity index (χ2n) is 4.78. The lowest BCUT2D eigenvalue weighted by atomic mass is 10.1. The van der Waals surface area contributed by atoms with E-state index in [-0.39, 0.29) is 0 Å². The topological polar surface area (TPSA) is 50.9 Å². The van der Waals surface area contributed by atoms with E-state index >= 15 is 0 Å². The van der Waals surface area contributed by atoms with Crippen molar-refractivity contribution in [1.82, 2.24) is 4.98 Å². The number of halogens is 1. The molecule has 0 bridgehead atoms. The Kier molecular flexibility index (Phi) is 3.84. The summed E-state index contributed by atoms with van der Waals surface area (Å²) in [5.41, 5.74) is 8.86. The number of nitrogens with zero attached hydrogens (tertiary/aromatic N) is 1. The van der Waals surface area contributed by atoms with Gasteiger partial charge in [0.1, 0.15) is 0 Å². The molecule has 0 radical (unpaired) electrons. The molecule has 1 aromatic carbocycles. The van der Waals surface area contributed by atoms with Crippen LogP contribution in [0.25, 0.3) is 10.9 Å². The molecule has 0 spiro atoms. The molecular weight excluding hydrogens is 322 g/mol. The van der Waals surface area contributed by atoms with Gasteiger partial charge >= 0.3 is 0 Å². The van der Waals surface area contributed by atoms with Crippen molar-refractivity contribution in [3.63, 3.8) is 0 Å². The number of hydrogen-bond donors (Lipinski definition) is 2. The summed E-state index contributed by atoms with van der Waals surface area (Å²) in [7, 11) is 0. The molecule has 1 saturated heterocycles. The van der Waals surface area contributed by atoms with Crippen molar-refractivity contribution < 1.29 is 0 Å². The Morgan fingerprint density at radius 1 is 1.32 bits per heavy atom. The van der Waals surface area contributed by atoms with E-state index in [0.717, 1.165) is 26.8 Å². The minimum atomic E-state index is 0.554. The van der Waals surface area contributed by atoms with Gasteiger partial charge in [0.25, 0.3) is 0 Å². The average Bonchev–Trinajstić information content (AvgIpc) is 2.43. The number of fused-ring (bicyclic) bond motifs is 1. The highest BCUT2D eigenvalue weighted by Gasteiger charge is 2.15. The maximum absolute atomic E-state index is 6.04. The van der Waals surface area contributed by atoms with Gasteiger partial charge in [0.05, 0.1) is 11.2 Å². The van der Waals surface area contributed by atoms with Crippen molar-refractivity contribution in [3.05, 3.63) is 28.9 Å². The van der Waals surface area contributed by atoms with E-state index in [1.807, 2.05) is 36.2 Å². The van der Waals surface area contributed by atoms with Crippen LogP contribution in [0.1, 0.15) is 12.8 Å². The lowest BCUT2D eigenvalue weighted by Crippen LogP contribution is -2.24. The Hall–Kier alpha value is -0.940. The van der Waals surface area contributed by atoms with E-state index in [0.29, 0.717) is 6.04 Å². The van der Waals surface area contributed by atoms with Gasteiger partial charge < -0.3 is 11.1 Å². The average molecular weight is 338 g/mol. The van der Waals surface area contributed by atoms with Crippen LogP contribution < -0.4 is 11.1 Å². The zero-order chi connectivity index (χ0) is 13.2. The van der Waals surface area contributed by atoms with E-state index in [2.05, 4.69) is 26.2 Å². The van der Waals surface area contributed by atoms with Crippen LogP contribution in [0, 0.1) is 0 Å². The number of benzene rings is 1. The van der Waals surface area contributed by atoms with Crippen LogP contribution in [0.15, 0.2) is 28.9 Å². The predicted molar refractivity (Wildman–Crippen MR) is 87.8 cm³/mol. The van der Waals surface area contributed by atoms with Gasteiger partial charge in [-0.25, -0.2) is 0 Å². The summed E-state index contributed by atoms with van der Waals surface area (Å²) in [6.45, 7) is 0. The quantitative estimate of drug-likeness (QED) is 0.816. The minimum Gasteiger partial charge on any atom is -0.398 e. The van der Waals surface area contributed by atoms with Gasteiger partial charge in [0, 0.05) is 27.8 Å². The summed E-state index contributed by atoms with van der Waals surface area (Å²) in [4.78, 5) is 4.51. The highest BCUT2D eigenvalue weighted by molar-refractivity contribution is 9.10. The van der Waals surface area contributed by atoms with Crippen LogP contribution in [0.2, 0.25) is 0 Å². The number of thioether (sulfide) groups is 1. The van der Waals surface area contributed by atoms with Crippen LogP contribution in [-0.4, -0.2) is 22.5 Å². The molecule has 5 heteroatoms. The zero-order valence-corrected chi connectivity index (χ0v) is 12.9. The molecule has 3 N–H and O–H groups in total. The van der Waals surface area contributed by atoms with Crippen molar-refractivity contribution in [3.8, 4) is 0 Å². The fraction of sp³-hybridized carbons (Fsp3) is 0.357. The molecule has 1 fully saturated rings. The number of rotatable bonds is 2. The molecular formula is C14H16BrN3S. The molecule has 0 unspecified atom stereocenters. The van der Waals surface area contributed by atoms with Gasteiger partial charge in [-0.05, 0) is 58.5 Å². The number of anilines is 2. The molecule has 0 saturated carbocycles. The summed E-state index contributed by atoms with van der Waals surface area (Å²) in [5.74, 6) is 2.48. The van der Waals surface area contributed by atoms with Gasteiger partial charge in [-0.2, -0.15) is 11.8 Å². The molecule has 1 aliphatic heterocycles. The number of nitrogen functional groups attached to an aromatic ring is 1. The fourth-order valence-corrected chi connectivity index (χ4v) is 3.83. The van der Waals surface area contributed by atoms with Crippen LogP contribution in [0.5, 0.6) is 0 Å². The third-order valence-corrected chi connectivity index (χ3v) is 4.91. The summed E-state index contributed by atoms with van der Waals surface area (Å²) in [6.07, 6.45) is 4.25. The largest absolute Gasteiger partial charge is 0.398 e. The number of nitrogens with one attached hydrogen (secondary N) is 1. The normalized spacial score (nSPS) is 16.7.